The van der Waals surface area contributed by atoms with E-state index in [-0.39, 0.29) is 45.2 Å². The first kappa shape index (κ1) is 29.0. The molecule has 0 saturated heterocycles. The van der Waals surface area contributed by atoms with E-state index in [1.54, 1.807) is 36.4 Å². The number of ether oxygens (including phenoxy) is 1. The fourth-order valence-electron chi connectivity index (χ4n) is 4.27. The van der Waals surface area contributed by atoms with Crippen LogP contribution in [-0.4, -0.2) is 20.8 Å². The van der Waals surface area contributed by atoms with Gasteiger partial charge in [-0.2, -0.15) is 28.2 Å². The van der Waals surface area contributed by atoms with Gasteiger partial charge in [-0.3, -0.25) is 14.9 Å². The first-order valence-electron chi connectivity index (χ1n) is 12.4. The van der Waals surface area contributed by atoms with Crippen molar-refractivity contribution in [3.8, 4) is 23.2 Å². The quantitative estimate of drug-likeness (QED) is 0.112. The molecule has 5 rings (SSSR count). The average Bonchev–Trinajstić information content (AvgIpc) is 2.99. The third kappa shape index (κ3) is 6.07. The van der Waals surface area contributed by atoms with E-state index < -0.39 is 27.9 Å². The summed E-state index contributed by atoms with van der Waals surface area (Å²) in [6, 6.07) is 21.4. The van der Waals surface area contributed by atoms with Crippen LogP contribution in [0.3, 0.4) is 0 Å². The second-order valence-electron chi connectivity index (χ2n) is 9.05. The van der Waals surface area contributed by atoms with Crippen molar-refractivity contribution in [2.45, 2.75) is 12.8 Å². The summed E-state index contributed by atoms with van der Waals surface area (Å²) in [5, 5.41) is 25.6. The molecule has 0 unspecified atom stereocenters. The Labute approximate surface area is 245 Å². The summed E-state index contributed by atoms with van der Waals surface area (Å²) in [6.45, 7) is -0.222. The summed E-state index contributed by atoms with van der Waals surface area (Å²) in [5.74, 6) is -0.457. The Morgan fingerprint density at radius 3 is 2.56 bits per heavy atom. The van der Waals surface area contributed by atoms with Crippen LogP contribution in [0.4, 0.5) is 18.9 Å². The molecule has 4 aromatic carbocycles. The van der Waals surface area contributed by atoms with Gasteiger partial charge in [-0.05, 0) is 36.4 Å². The maximum atomic E-state index is 13.5. The predicted octanol–water partition coefficient (Wildman–Crippen LogP) is 6.98. The van der Waals surface area contributed by atoms with E-state index in [4.69, 9.17) is 16.3 Å². The minimum absolute atomic E-state index is 0.0105. The Kier molecular flexibility index (Phi) is 7.92. The van der Waals surface area contributed by atoms with Crippen molar-refractivity contribution in [2.24, 2.45) is 5.10 Å². The van der Waals surface area contributed by atoms with E-state index in [1.807, 2.05) is 6.07 Å². The molecule has 9 nitrogen and oxygen atoms in total. The molecule has 0 atom stereocenters. The van der Waals surface area contributed by atoms with E-state index in [0.29, 0.717) is 11.1 Å². The number of hydrogen-bond donors (Lipinski definition) is 0. The van der Waals surface area contributed by atoms with Crippen LogP contribution in [0.5, 0.6) is 5.75 Å². The average molecular weight is 604 g/mol. The number of aromatic nitrogens is 2. The fourth-order valence-corrected chi connectivity index (χ4v) is 4.49. The van der Waals surface area contributed by atoms with Gasteiger partial charge < -0.3 is 4.74 Å². The van der Waals surface area contributed by atoms with Crippen LogP contribution in [0.25, 0.3) is 22.3 Å². The third-order valence-corrected chi connectivity index (χ3v) is 6.50. The summed E-state index contributed by atoms with van der Waals surface area (Å²) in [7, 11) is 0. The molecule has 0 saturated carbocycles. The van der Waals surface area contributed by atoms with Crippen molar-refractivity contribution in [2.75, 3.05) is 0 Å². The number of nitriles is 1. The van der Waals surface area contributed by atoms with E-state index in [2.05, 4.69) is 10.1 Å². The second-order valence-corrected chi connectivity index (χ2v) is 9.49. The van der Waals surface area contributed by atoms with Crippen LogP contribution < -0.4 is 10.3 Å². The normalized spacial score (nSPS) is 11.5. The summed E-state index contributed by atoms with van der Waals surface area (Å²) in [5.41, 5.74) is -1.23. The largest absolute Gasteiger partial charge is 0.481 e. The molecule has 0 aliphatic rings. The summed E-state index contributed by atoms with van der Waals surface area (Å²) in [6.07, 6.45) is -3.59. The number of nitrogens with zero attached hydrogens (tertiary/aromatic N) is 5. The lowest BCUT2D eigenvalue weighted by molar-refractivity contribution is -0.385. The molecule has 1 heterocycles. The second kappa shape index (κ2) is 11.8. The summed E-state index contributed by atoms with van der Waals surface area (Å²) in [4.78, 5) is 29.1. The Morgan fingerprint density at radius 1 is 1.07 bits per heavy atom. The number of nitro benzene ring substituents is 1. The lowest BCUT2D eigenvalue weighted by atomic mass is 10.1. The molecule has 0 amide bonds. The number of halogens is 4. The smallest absolute Gasteiger partial charge is 0.416 e. The lowest BCUT2D eigenvalue weighted by Gasteiger charge is -2.13. The van der Waals surface area contributed by atoms with E-state index in [0.717, 1.165) is 29.1 Å². The van der Waals surface area contributed by atoms with Crippen molar-refractivity contribution < 1.29 is 22.8 Å². The Bertz CT molecular complexity index is 2020. The van der Waals surface area contributed by atoms with Crippen LogP contribution in [0, 0.1) is 21.4 Å². The highest BCUT2D eigenvalue weighted by Gasteiger charge is 2.31. The van der Waals surface area contributed by atoms with E-state index in [9.17, 15) is 33.3 Å². The molecule has 43 heavy (non-hydrogen) atoms. The maximum Gasteiger partial charge on any atom is 0.416 e. The minimum atomic E-state index is -4.66. The Morgan fingerprint density at radius 2 is 1.81 bits per heavy atom. The Balaban J connectivity index is 1.67. The van der Waals surface area contributed by atoms with Gasteiger partial charge in [-0.1, -0.05) is 54.1 Å². The molecule has 0 N–H and O–H groups in total. The third-order valence-electron chi connectivity index (χ3n) is 6.28. The van der Waals surface area contributed by atoms with Crippen molar-refractivity contribution in [1.29, 1.82) is 5.26 Å². The van der Waals surface area contributed by atoms with Gasteiger partial charge in [0.05, 0.1) is 39.2 Å². The molecular weight excluding hydrogens is 587 g/mol. The lowest BCUT2D eigenvalue weighted by Crippen LogP contribution is -2.20. The van der Waals surface area contributed by atoms with Gasteiger partial charge in [0.1, 0.15) is 6.61 Å². The zero-order valence-corrected chi connectivity index (χ0v) is 22.5. The molecule has 0 radical (unpaired) electrons. The summed E-state index contributed by atoms with van der Waals surface area (Å²) < 4.78 is 47.1. The zero-order valence-electron chi connectivity index (χ0n) is 21.7. The van der Waals surface area contributed by atoms with Crippen LogP contribution in [-0.2, 0) is 12.8 Å². The first-order valence-corrected chi connectivity index (χ1v) is 12.8. The van der Waals surface area contributed by atoms with Gasteiger partial charge in [0, 0.05) is 27.8 Å². The SMILES string of the molecule is N#Cc1ccccc1COc1c(C=Nn2c(-c3cccc(C(F)(F)F)c3)nc3ccccc3c2=O)cc(Cl)cc1[N+](=O)[O-]. The van der Waals surface area contributed by atoms with Gasteiger partial charge in [0.15, 0.2) is 5.82 Å². The van der Waals surface area contributed by atoms with Crippen LogP contribution in [0.15, 0.2) is 94.8 Å². The number of hydrogen-bond acceptors (Lipinski definition) is 7. The van der Waals surface area contributed by atoms with Crippen LogP contribution in [0.1, 0.15) is 22.3 Å². The van der Waals surface area contributed by atoms with Crippen molar-refractivity contribution in [1.82, 2.24) is 9.66 Å². The molecule has 5 aromatic rings. The minimum Gasteiger partial charge on any atom is -0.481 e. The molecule has 214 valence electrons. The topological polar surface area (TPSA) is 123 Å². The standard InChI is InChI=1S/C30H17ClF3N5O4/c31-23-13-21(27(26(14-23)39(41)42)43-17-20-7-2-1-6-19(20)15-35)16-36-38-28(18-8-5-9-22(12-18)30(32,33)34)37-25-11-4-3-10-24(25)29(38)40/h1-14,16H,17H2. The van der Waals surface area contributed by atoms with E-state index >= 15 is 0 Å². The molecule has 0 aliphatic carbocycles. The first-order chi connectivity index (χ1) is 20.6. The molecular formula is C30H17ClF3N5O4. The number of nitro groups is 1. The number of rotatable bonds is 7. The highest BCUT2D eigenvalue weighted by atomic mass is 35.5. The molecule has 0 spiro atoms. The summed E-state index contributed by atoms with van der Waals surface area (Å²) >= 11 is 6.16. The molecule has 13 heteroatoms. The highest BCUT2D eigenvalue weighted by molar-refractivity contribution is 6.31. The molecule has 1 aromatic heterocycles. The molecule has 0 fully saturated rings. The van der Waals surface area contributed by atoms with E-state index in [1.165, 1.54) is 30.3 Å². The van der Waals surface area contributed by atoms with Crippen molar-refractivity contribution in [3.05, 3.63) is 133 Å². The Hall–Kier alpha value is -5.54. The van der Waals surface area contributed by atoms with Gasteiger partial charge in [0.2, 0.25) is 5.75 Å². The molecule has 0 aliphatic heterocycles. The number of para-hydroxylation sites is 1. The highest BCUT2D eigenvalue weighted by Crippen LogP contribution is 2.35. The monoisotopic (exact) mass is 603 g/mol. The van der Waals surface area contributed by atoms with Crippen LogP contribution >= 0.6 is 11.6 Å². The van der Waals surface area contributed by atoms with Gasteiger partial charge >= 0.3 is 11.9 Å². The van der Waals surface area contributed by atoms with Crippen molar-refractivity contribution >= 4 is 34.4 Å². The van der Waals surface area contributed by atoms with Crippen LogP contribution in [0.2, 0.25) is 5.02 Å². The number of fused-ring (bicyclic) bond motifs is 1. The molecule has 0 bridgehead atoms. The van der Waals surface area contributed by atoms with Gasteiger partial charge in [-0.25, -0.2) is 4.98 Å². The number of alkyl halides is 3. The fraction of sp³-hybridized carbons (Fsp3) is 0.0667. The van der Waals surface area contributed by atoms with Gasteiger partial charge in [0.25, 0.3) is 5.56 Å². The maximum absolute atomic E-state index is 13.5. The van der Waals surface area contributed by atoms with Gasteiger partial charge in [-0.15, -0.1) is 0 Å². The van der Waals surface area contributed by atoms with Crippen molar-refractivity contribution in [3.63, 3.8) is 0 Å². The zero-order chi connectivity index (χ0) is 30.7. The number of benzene rings is 4. The predicted molar refractivity (Wildman–Crippen MR) is 153 cm³/mol.